The molecular formula is C20H38O5. The van der Waals surface area contributed by atoms with Crippen LogP contribution in [0.5, 0.6) is 0 Å². The Morgan fingerprint density at radius 2 is 1.12 bits per heavy atom. The molecule has 2 atom stereocenters. The molecule has 0 aliphatic carbocycles. The van der Waals surface area contributed by atoms with Crippen molar-refractivity contribution in [1.82, 2.24) is 0 Å². The summed E-state index contributed by atoms with van der Waals surface area (Å²) in [7, 11) is 0. The Kier molecular flexibility index (Phi) is 18.5. The average molecular weight is 359 g/mol. The Morgan fingerprint density at radius 3 is 1.48 bits per heavy atom. The SMILES string of the molecule is C=COC(CCOCCCC)COCC(CCOCCCC)OC=C. The molecule has 5 nitrogen and oxygen atoms in total. The van der Waals surface area contributed by atoms with Crippen LogP contribution in [0.1, 0.15) is 52.4 Å². The van der Waals surface area contributed by atoms with E-state index in [2.05, 4.69) is 27.0 Å². The van der Waals surface area contributed by atoms with E-state index in [1.165, 1.54) is 12.5 Å². The van der Waals surface area contributed by atoms with Gasteiger partial charge in [-0.25, -0.2) is 0 Å². The molecule has 0 rings (SSSR count). The van der Waals surface area contributed by atoms with Crippen LogP contribution in [-0.2, 0) is 23.7 Å². The maximum absolute atomic E-state index is 5.76. The third-order valence-electron chi connectivity index (χ3n) is 3.64. The smallest absolute Gasteiger partial charge is 0.123 e. The lowest BCUT2D eigenvalue weighted by Crippen LogP contribution is -2.25. The standard InChI is InChI=1S/C20H38O5/c1-5-9-13-21-15-11-19(24-7-3)17-23-18-20(25-8-4)12-16-22-14-10-6-2/h7-8,19-20H,3-6,9-18H2,1-2H3. The molecule has 0 aromatic heterocycles. The van der Waals surface area contributed by atoms with Crippen molar-refractivity contribution in [3.05, 3.63) is 25.7 Å². The highest BCUT2D eigenvalue weighted by atomic mass is 16.6. The first-order valence-corrected chi connectivity index (χ1v) is 9.54. The summed E-state index contributed by atoms with van der Waals surface area (Å²) in [5.41, 5.74) is 0. The van der Waals surface area contributed by atoms with Crippen molar-refractivity contribution >= 4 is 0 Å². The van der Waals surface area contributed by atoms with E-state index in [1.54, 1.807) is 0 Å². The molecule has 0 saturated heterocycles. The summed E-state index contributed by atoms with van der Waals surface area (Å²) in [5, 5.41) is 0. The zero-order valence-electron chi connectivity index (χ0n) is 16.3. The van der Waals surface area contributed by atoms with Gasteiger partial charge in [0.25, 0.3) is 0 Å². The highest BCUT2D eigenvalue weighted by molar-refractivity contribution is 4.65. The molecule has 0 aromatic rings. The van der Waals surface area contributed by atoms with Crippen molar-refractivity contribution in [2.45, 2.75) is 64.6 Å². The second kappa shape index (κ2) is 19.3. The molecule has 0 amide bonds. The first-order valence-electron chi connectivity index (χ1n) is 9.54. The van der Waals surface area contributed by atoms with Crippen LogP contribution in [0.15, 0.2) is 25.7 Å². The van der Waals surface area contributed by atoms with Crippen molar-refractivity contribution in [3.8, 4) is 0 Å². The summed E-state index contributed by atoms with van der Waals surface area (Å²) < 4.78 is 27.9. The number of ether oxygens (including phenoxy) is 5. The van der Waals surface area contributed by atoms with E-state index >= 15 is 0 Å². The third kappa shape index (κ3) is 16.2. The molecule has 0 saturated carbocycles. The van der Waals surface area contributed by atoms with Crippen LogP contribution >= 0.6 is 0 Å². The Balaban J connectivity index is 3.92. The Hall–Kier alpha value is -1.04. The number of unbranched alkanes of at least 4 members (excludes halogenated alkanes) is 2. The zero-order valence-corrected chi connectivity index (χ0v) is 16.3. The van der Waals surface area contributed by atoms with Gasteiger partial charge in [0, 0.05) is 26.1 Å². The van der Waals surface area contributed by atoms with Gasteiger partial charge in [-0.15, -0.1) is 0 Å². The van der Waals surface area contributed by atoms with Gasteiger partial charge in [0.15, 0.2) is 0 Å². The second-order valence-electron chi connectivity index (χ2n) is 5.90. The maximum atomic E-state index is 5.76. The largest absolute Gasteiger partial charge is 0.496 e. The van der Waals surface area contributed by atoms with Crippen LogP contribution in [-0.4, -0.2) is 51.8 Å². The molecule has 0 fully saturated rings. The van der Waals surface area contributed by atoms with E-state index in [4.69, 9.17) is 23.7 Å². The highest BCUT2D eigenvalue weighted by Gasteiger charge is 2.13. The minimum atomic E-state index is -0.0516. The molecule has 0 heterocycles. The predicted octanol–water partition coefficient (Wildman–Crippen LogP) is 4.47. The highest BCUT2D eigenvalue weighted by Crippen LogP contribution is 2.06. The lowest BCUT2D eigenvalue weighted by molar-refractivity contribution is -0.0342. The van der Waals surface area contributed by atoms with Crippen molar-refractivity contribution < 1.29 is 23.7 Å². The first kappa shape index (κ1) is 24.0. The molecule has 0 aliphatic rings. The zero-order chi connectivity index (χ0) is 18.6. The average Bonchev–Trinajstić information content (AvgIpc) is 2.61. The summed E-state index contributed by atoms with van der Waals surface area (Å²) in [5.74, 6) is 0. The van der Waals surface area contributed by atoms with Gasteiger partial charge in [-0.1, -0.05) is 39.8 Å². The van der Waals surface area contributed by atoms with E-state index < -0.39 is 0 Å². The van der Waals surface area contributed by atoms with Gasteiger partial charge in [-0.05, 0) is 12.8 Å². The van der Waals surface area contributed by atoms with Crippen LogP contribution in [0.2, 0.25) is 0 Å². The quantitative estimate of drug-likeness (QED) is 0.237. The van der Waals surface area contributed by atoms with Crippen molar-refractivity contribution in [1.29, 1.82) is 0 Å². The van der Waals surface area contributed by atoms with E-state index in [1.807, 2.05) is 0 Å². The number of rotatable bonds is 20. The van der Waals surface area contributed by atoms with Gasteiger partial charge in [0.05, 0.1) is 39.0 Å². The second-order valence-corrected chi connectivity index (χ2v) is 5.90. The Morgan fingerprint density at radius 1 is 0.680 bits per heavy atom. The van der Waals surface area contributed by atoms with Gasteiger partial charge < -0.3 is 23.7 Å². The number of hydrogen-bond donors (Lipinski definition) is 0. The van der Waals surface area contributed by atoms with Crippen molar-refractivity contribution in [2.24, 2.45) is 0 Å². The monoisotopic (exact) mass is 358 g/mol. The lowest BCUT2D eigenvalue weighted by atomic mass is 10.2. The molecule has 148 valence electrons. The fourth-order valence-corrected chi connectivity index (χ4v) is 2.11. The molecule has 2 unspecified atom stereocenters. The Bertz CT molecular complexity index is 268. The van der Waals surface area contributed by atoms with Crippen LogP contribution in [0, 0.1) is 0 Å². The summed E-state index contributed by atoms with van der Waals surface area (Å²) in [4.78, 5) is 0. The molecule has 0 aromatic carbocycles. The fraction of sp³-hybridized carbons (Fsp3) is 0.800. The first-order chi connectivity index (χ1) is 12.3. The van der Waals surface area contributed by atoms with Gasteiger partial charge in [0.2, 0.25) is 0 Å². The molecule has 0 spiro atoms. The molecule has 25 heavy (non-hydrogen) atoms. The van der Waals surface area contributed by atoms with E-state index in [0.717, 1.165) is 51.7 Å². The van der Waals surface area contributed by atoms with Crippen LogP contribution in [0.25, 0.3) is 0 Å². The normalized spacial score (nSPS) is 13.2. The lowest BCUT2D eigenvalue weighted by Gasteiger charge is -2.20. The van der Waals surface area contributed by atoms with Crippen molar-refractivity contribution in [3.63, 3.8) is 0 Å². The topological polar surface area (TPSA) is 46.2 Å². The van der Waals surface area contributed by atoms with Crippen molar-refractivity contribution in [2.75, 3.05) is 39.6 Å². The summed E-state index contributed by atoms with van der Waals surface area (Å²) in [6.07, 6.45) is 8.83. The van der Waals surface area contributed by atoms with E-state index in [0.29, 0.717) is 26.4 Å². The summed E-state index contributed by atoms with van der Waals surface area (Å²) in [6, 6.07) is 0. The van der Waals surface area contributed by atoms with Gasteiger partial charge in [-0.2, -0.15) is 0 Å². The predicted molar refractivity (Wildman–Crippen MR) is 102 cm³/mol. The molecule has 0 N–H and O–H groups in total. The molecule has 0 aliphatic heterocycles. The van der Waals surface area contributed by atoms with E-state index in [-0.39, 0.29) is 12.2 Å². The van der Waals surface area contributed by atoms with Gasteiger partial charge >= 0.3 is 0 Å². The summed E-state index contributed by atoms with van der Waals surface area (Å²) >= 11 is 0. The van der Waals surface area contributed by atoms with Crippen LogP contribution in [0.3, 0.4) is 0 Å². The molecule has 5 heteroatoms. The minimum Gasteiger partial charge on any atom is -0.496 e. The van der Waals surface area contributed by atoms with E-state index in [9.17, 15) is 0 Å². The molecular weight excluding hydrogens is 320 g/mol. The number of hydrogen-bond acceptors (Lipinski definition) is 5. The molecule has 0 bridgehead atoms. The minimum absolute atomic E-state index is 0.0516. The van der Waals surface area contributed by atoms with Crippen LogP contribution < -0.4 is 0 Å². The Labute approximate surface area is 154 Å². The summed E-state index contributed by atoms with van der Waals surface area (Å²) in [6.45, 7) is 15.4. The maximum Gasteiger partial charge on any atom is 0.123 e. The molecule has 0 radical (unpaired) electrons. The third-order valence-corrected chi connectivity index (χ3v) is 3.64. The fourth-order valence-electron chi connectivity index (χ4n) is 2.11. The van der Waals surface area contributed by atoms with Gasteiger partial charge in [-0.3, -0.25) is 0 Å². The van der Waals surface area contributed by atoms with Gasteiger partial charge in [0.1, 0.15) is 12.2 Å². The van der Waals surface area contributed by atoms with Crippen LogP contribution in [0.4, 0.5) is 0 Å².